The minimum Gasteiger partial charge on any atom is -0.390 e. The van der Waals surface area contributed by atoms with Crippen LogP contribution in [0.15, 0.2) is 0 Å². The fraction of sp³-hybridized carbons (Fsp3) is 1.00. The molecular formula is C8H16O4S. The van der Waals surface area contributed by atoms with E-state index in [1.54, 1.807) is 0 Å². The van der Waals surface area contributed by atoms with Gasteiger partial charge < -0.3 is 5.11 Å². The molecule has 0 aliphatic heterocycles. The van der Waals surface area contributed by atoms with Gasteiger partial charge in [0.2, 0.25) is 0 Å². The molecule has 0 bridgehead atoms. The second-order valence-electron chi connectivity index (χ2n) is 3.71. The van der Waals surface area contributed by atoms with Gasteiger partial charge in [-0.25, -0.2) is 0 Å². The van der Waals surface area contributed by atoms with Gasteiger partial charge in [-0.1, -0.05) is 12.8 Å². The minimum absolute atomic E-state index is 0.0926. The lowest BCUT2D eigenvalue weighted by atomic mass is 9.99. The summed E-state index contributed by atoms with van der Waals surface area (Å²) in [6.45, 7) is 0.0926. The van der Waals surface area contributed by atoms with Crippen LogP contribution in [-0.4, -0.2) is 32.0 Å². The standard InChI is InChI=1S/C8H16O4S/c1-13(10,11)12-7-6-8(9)4-2-3-5-8/h9H,2-7H2,1H3. The fourth-order valence-electron chi connectivity index (χ4n) is 1.67. The van der Waals surface area contributed by atoms with E-state index >= 15 is 0 Å². The van der Waals surface area contributed by atoms with Gasteiger partial charge in [0, 0.05) is 6.42 Å². The molecule has 1 N–H and O–H groups in total. The Morgan fingerprint density at radius 3 is 2.38 bits per heavy atom. The van der Waals surface area contributed by atoms with Crippen LogP contribution in [0.25, 0.3) is 0 Å². The van der Waals surface area contributed by atoms with Crippen molar-refractivity contribution in [2.75, 3.05) is 12.9 Å². The van der Waals surface area contributed by atoms with E-state index in [0.29, 0.717) is 6.42 Å². The molecule has 0 spiro atoms. The lowest BCUT2D eigenvalue weighted by molar-refractivity contribution is 0.0267. The number of hydrogen-bond acceptors (Lipinski definition) is 4. The van der Waals surface area contributed by atoms with Gasteiger partial charge in [-0.05, 0) is 12.8 Å². The van der Waals surface area contributed by atoms with Gasteiger partial charge in [0.15, 0.2) is 0 Å². The summed E-state index contributed by atoms with van der Waals surface area (Å²) in [6, 6.07) is 0. The molecule has 4 nitrogen and oxygen atoms in total. The van der Waals surface area contributed by atoms with E-state index in [1.165, 1.54) is 0 Å². The first kappa shape index (κ1) is 10.9. The van der Waals surface area contributed by atoms with Crippen molar-refractivity contribution in [2.45, 2.75) is 37.7 Å². The van der Waals surface area contributed by atoms with Crippen molar-refractivity contribution < 1.29 is 17.7 Å². The molecule has 0 amide bonds. The zero-order valence-electron chi connectivity index (χ0n) is 7.82. The van der Waals surface area contributed by atoms with Crippen LogP contribution in [-0.2, 0) is 14.3 Å². The van der Waals surface area contributed by atoms with Crippen molar-refractivity contribution in [3.8, 4) is 0 Å². The van der Waals surface area contributed by atoms with Crippen molar-refractivity contribution in [1.29, 1.82) is 0 Å². The molecule has 0 heterocycles. The van der Waals surface area contributed by atoms with E-state index in [4.69, 9.17) is 0 Å². The Bertz CT molecular complexity index is 251. The maximum Gasteiger partial charge on any atom is 0.264 e. The predicted molar refractivity (Wildman–Crippen MR) is 48.8 cm³/mol. The first-order chi connectivity index (χ1) is 5.91. The van der Waals surface area contributed by atoms with Crippen LogP contribution in [0.2, 0.25) is 0 Å². The third-order valence-corrected chi connectivity index (χ3v) is 2.99. The van der Waals surface area contributed by atoms with Gasteiger partial charge in [-0.15, -0.1) is 0 Å². The van der Waals surface area contributed by atoms with Crippen LogP contribution < -0.4 is 0 Å². The maximum atomic E-state index is 10.6. The van der Waals surface area contributed by atoms with Crippen molar-refractivity contribution in [1.82, 2.24) is 0 Å². The van der Waals surface area contributed by atoms with E-state index < -0.39 is 15.7 Å². The Kier molecular flexibility index (Phi) is 3.32. The first-order valence-electron chi connectivity index (χ1n) is 4.48. The Morgan fingerprint density at radius 2 is 1.92 bits per heavy atom. The summed E-state index contributed by atoms with van der Waals surface area (Å²) in [7, 11) is -3.35. The molecule has 0 aromatic rings. The van der Waals surface area contributed by atoms with E-state index in [0.717, 1.165) is 31.9 Å². The van der Waals surface area contributed by atoms with Gasteiger partial charge in [-0.3, -0.25) is 4.18 Å². The topological polar surface area (TPSA) is 63.6 Å². The van der Waals surface area contributed by atoms with E-state index in [2.05, 4.69) is 4.18 Å². The summed E-state index contributed by atoms with van der Waals surface area (Å²) in [5.74, 6) is 0. The zero-order chi connectivity index (χ0) is 9.95. The van der Waals surface area contributed by atoms with Crippen LogP contribution in [0, 0.1) is 0 Å². The average Bonchev–Trinajstić information content (AvgIpc) is 2.33. The van der Waals surface area contributed by atoms with Crippen LogP contribution in [0.3, 0.4) is 0 Å². The third-order valence-electron chi connectivity index (χ3n) is 2.40. The van der Waals surface area contributed by atoms with E-state index in [1.807, 2.05) is 0 Å². The fourth-order valence-corrected chi connectivity index (χ4v) is 2.05. The summed E-state index contributed by atoms with van der Waals surface area (Å²) in [4.78, 5) is 0. The summed E-state index contributed by atoms with van der Waals surface area (Å²) >= 11 is 0. The molecule has 0 atom stereocenters. The smallest absolute Gasteiger partial charge is 0.264 e. The summed E-state index contributed by atoms with van der Waals surface area (Å²) < 4.78 is 25.8. The van der Waals surface area contributed by atoms with Gasteiger partial charge in [-0.2, -0.15) is 8.42 Å². The Hall–Kier alpha value is -0.130. The molecule has 13 heavy (non-hydrogen) atoms. The highest BCUT2D eigenvalue weighted by molar-refractivity contribution is 7.85. The maximum absolute atomic E-state index is 10.6. The monoisotopic (exact) mass is 208 g/mol. The quantitative estimate of drug-likeness (QED) is 0.689. The largest absolute Gasteiger partial charge is 0.390 e. The van der Waals surface area contributed by atoms with Crippen LogP contribution in [0.1, 0.15) is 32.1 Å². The van der Waals surface area contributed by atoms with E-state index in [-0.39, 0.29) is 6.61 Å². The molecule has 0 unspecified atom stereocenters. The Labute approximate surface area is 79.0 Å². The highest BCUT2D eigenvalue weighted by atomic mass is 32.2. The summed E-state index contributed by atoms with van der Waals surface area (Å²) in [5.41, 5.74) is -0.676. The Balaban J connectivity index is 2.26. The van der Waals surface area contributed by atoms with Crippen molar-refractivity contribution in [2.24, 2.45) is 0 Å². The lowest BCUT2D eigenvalue weighted by Crippen LogP contribution is -2.26. The molecule has 5 heteroatoms. The molecule has 0 saturated heterocycles. The highest BCUT2D eigenvalue weighted by Crippen LogP contribution is 2.32. The van der Waals surface area contributed by atoms with Gasteiger partial charge in [0.1, 0.15) is 0 Å². The SMILES string of the molecule is CS(=O)(=O)OCCC1(O)CCCC1. The van der Waals surface area contributed by atoms with Crippen molar-refractivity contribution >= 4 is 10.1 Å². The molecule has 0 radical (unpaired) electrons. The van der Waals surface area contributed by atoms with Crippen molar-refractivity contribution in [3.05, 3.63) is 0 Å². The van der Waals surface area contributed by atoms with Gasteiger partial charge in [0.25, 0.3) is 10.1 Å². The minimum atomic E-state index is -3.35. The third kappa shape index (κ3) is 4.06. The van der Waals surface area contributed by atoms with Gasteiger partial charge in [0.05, 0.1) is 18.5 Å². The number of aliphatic hydroxyl groups is 1. The number of hydrogen-bond donors (Lipinski definition) is 1. The molecule has 1 saturated carbocycles. The molecule has 1 rings (SSSR count). The predicted octanol–water partition coefficient (Wildman–Crippen LogP) is 0.658. The van der Waals surface area contributed by atoms with Crippen LogP contribution in [0.4, 0.5) is 0 Å². The number of rotatable bonds is 4. The highest BCUT2D eigenvalue weighted by Gasteiger charge is 2.30. The van der Waals surface area contributed by atoms with Crippen LogP contribution >= 0.6 is 0 Å². The molecule has 1 aliphatic carbocycles. The average molecular weight is 208 g/mol. The first-order valence-corrected chi connectivity index (χ1v) is 6.30. The molecule has 1 aliphatic rings. The molecule has 0 aromatic heterocycles. The van der Waals surface area contributed by atoms with Gasteiger partial charge >= 0.3 is 0 Å². The second-order valence-corrected chi connectivity index (χ2v) is 5.35. The Morgan fingerprint density at radius 1 is 1.38 bits per heavy atom. The van der Waals surface area contributed by atoms with Crippen LogP contribution in [0.5, 0.6) is 0 Å². The zero-order valence-corrected chi connectivity index (χ0v) is 8.64. The normalized spacial score (nSPS) is 22.0. The molecule has 0 aromatic carbocycles. The molecule has 1 fully saturated rings. The van der Waals surface area contributed by atoms with Crippen molar-refractivity contribution in [3.63, 3.8) is 0 Å². The second kappa shape index (κ2) is 3.94. The lowest BCUT2D eigenvalue weighted by Gasteiger charge is -2.20. The molecule has 78 valence electrons. The molecular weight excluding hydrogens is 192 g/mol. The summed E-state index contributed by atoms with van der Waals surface area (Å²) in [5, 5.41) is 9.81. The van der Waals surface area contributed by atoms with E-state index in [9.17, 15) is 13.5 Å². The summed E-state index contributed by atoms with van der Waals surface area (Å²) in [6.07, 6.45) is 5.01.